The Labute approximate surface area is 114 Å². The largest absolute Gasteiger partial charge is 0.297 e. The van der Waals surface area contributed by atoms with Crippen LogP contribution in [0.2, 0.25) is 0 Å². The number of piperidine rings is 1. The minimum absolute atomic E-state index is 0.677. The van der Waals surface area contributed by atoms with Gasteiger partial charge in [0.2, 0.25) is 0 Å². The SMILES string of the molecule is Cc1cccc([C@@H]2CCCN(Cc3ccn[nH]3)C2)c1. The molecule has 19 heavy (non-hydrogen) atoms. The second kappa shape index (κ2) is 5.57. The third-order valence-electron chi connectivity index (χ3n) is 3.97. The van der Waals surface area contributed by atoms with E-state index in [2.05, 4.69) is 52.4 Å². The van der Waals surface area contributed by atoms with Gasteiger partial charge in [-0.1, -0.05) is 29.8 Å². The Bertz CT molecular complexity index is 519. The Hall–Kier alpha value is -1.61. The van der Waals surface area contributed by atoms with E-state index in [0.717, 1.165) is 13.1 Å². The van der Waals surface area contributed by atoms with Gasteiger partial charge >= 0.3 is 0 Å². The van der Waals surface area contributed by atoms with Crippen LogP contribution < -0.4 is 0 Å². The summed E-state index contributed by atoms with van der Waals surface area (Å²) < 4.78 is 0. The van der Waals surface area contributed by atoms with Crippen LogP contribution in [0.1, 0.15) is 35.6 Å². The van der Waals surface area contributed by atoms with Crippen LogP contribution >= 0.6 is 0 Å². The first-order valence-corrected chi connectivity index (χ1v) is 7.08. The number of hydrogen-bond donors (Lipinski definition) is 1. The zero-order chi connectivity index (χ0) is 13.1. The summed E-state index contributed by atoms with van der Waals surface area (Å²) in [5, 5.41) is 7.08. The normalized spacial score (nSPS) is 20.6. The minimum Gasteiger partial charge on any atom is -0.297 e. The molecule has 3 nitrogen and oxygen atoms in total. The lowest BCUT2D eigenvalue weighted by Crippen LogP contribution is -2.34. The fourth-order valence-electron chi connectivity index (χ4n) is 3.01. The van der Waals surface area contributed by atoms with Gasteiger partial charge in [0, 0.05) is 25.0 Å². The summed E-state index contributed by atoms with van der Waals surface area (Å²) in [6.45, 7) is 5.51. The molecule has 1 N–H and O–H groups in total. The number of likely N-dealkylation sites (tertiary alicyclic amines) is 1. The fraction of sp³-hybridized carbons (Fsp3) is 0.438. The molecule has 0 bridgehead atoms. The van der Waals surface area contributed by atoms with Crippen LogP contribution in [0.3, 0.4) is 0 Å². The Morgan fingerprint density at radius 1 is 1.37 bits per heavy atom. The van der Waals surface area contributed by atoms with Gasteiger partial charge in [-0.2, -0.15) is 5.10 Å². The highest BCUT2D eigenvalue weighted by atomic mass is 15.2. The molecule has 0 radical (unpaired) electrons. The molecule has 3 rings (SSSR count). The van der Waals surface area contributed by atoms with Crippen molar-refractivity contribution in [1.82, 2.24) is 15.1 Å². The topological polar surface area (TPSA) is 31.9 Å². The van der Waals surface area contributed by atoms with Crippen LogP contribution in [0.5, 0.6) is 0 Å². The average molecular weight is 255 g/mol. The van der Waals surface area contributed by atoms with Crippen LogP contribution in [0.4, 0.5) is 0 Å². The van der Waals surface area contributed by atoms with Gasteiger partial charge in [-0.25, -0.2) is 0 Å². The number of H-pyrrole nitrogens is 1. The third-order valence-corrected chi connectivity index (χ3v) is 3.97. The monoisotopic (exact) mass is 255 g/mol. The van der Waals surface area contributed by atoms with Gasteiger partial charge in [0.05, 0.1) is 0 Å². The smallest absolute Gasteiger partial charge is 0.0492 e. The molecule has 2 aromatic rings. The Morgan fingerprint density at radius 2 is 2.32 bits per heavy atom. The summed E-state index contributed by atoms with van der Waals surface area (Å²) in [4.78, 5) is 2.53. The molecule has 0 amide bonds. The van der Waals surface area contributed by atoms with Crippen molar-refractivity contribution in [3.8, 4) is 0 Å². The highest BCUT2D eigenvalue weighted by Crippen LogP contribution is 2.27. The molecule has 1 fully saturated rings. The van der Waals surface area contributed by atoms with E-state index in [0.29, 0.717) is 5.92 Å². The zero-order valence-electron chi connectivity index (χ0n) is 11.5. The lowest BCUT2D eigenvalue weighted by molar-refractivity contribution is 0.198. The highest BCUT2D eigenvalue weighted by molar-refractivity contribution is 5.26. The zero-order valence-corrected chi connectivity index (χ0v) is 11.5. The van der Waals surface area contributed by atoms with Gasteiger partial charge in [0.15, 0.2) is 0 Å². The van der Waals surface area contributed by atoms with Gasteiger partial charge in [0.25, 0.3) is 0 Å². The molecule has 1 aliphatic heterocycles. The van der Waals surface area contributed by atoms with Gasteiger partial charge < -0.3 is 0 Å². The number of benzene rings is 1. The Kier molecular flexibility index (Phi) is 3.65. The van der Waals surface area contributed by atoms with Gasteiger partial charge in [-0.3, -0.25) is 10.00 Å². The molecule has 2 heterocycles. The molecule has 1 atom stereocenters. The average Bonchev–Trinajstić information content (AvgIpc) is 2.92. The number of aryl methyl sites for hydroxylation is 1. The standard InChI is InChI=1S/C16H21N3/c1-13-4-2-5-14(10-13)15-6-3-9-19(11-15)12-16-7-8-17-18-16/h2,4-5,7-8,10,15H,3,6,9,11-12H2,1H3,(H,17,18)/t15-/m1/s1. The second-order valence-corrected chi connectivity index (χ2v) is 5.57. The molecule has 1 saturated heterocycles. The van der Waals surface area contributed by atoms with Gasteiger partial charge in [0.1, 0.15) is 0 Å². The molecule has 1 aromatic heterocycles. The maximum Gasteiger partial charge on any atom is 0.0492 e. The number of aromatic amines is 1. The third kappa shape index (κ3) is 3.04. The van der Waals surface area contributed by atoms with Crippen molar-refractivity contribution in [2.45, 2.75) is 32.2 Å². The van der Waals surface area contributed by atoms with Crippen LogP contribution in [0.15, 0.2) is 36.5 Å². The summed E-state index contributed by atoms with van der Waals surface area (Å²) in [6, 6.07) is 11.0. The first kappa shape index (κ1) is 12.4. The van der Waals surface area contributed by atoms with Crippen LogP contribution in [-0.2, 0) is 6.54 Å². The molecular formula is C16H21N3. The number of rotatable bonds is 3. The quantitative estimate of drug-likeness (QED) is 0.914. The van der Waals surface area contributed by atoms with E-state index < -0.39 is 0 Å². The summed E-state index contributed by atoms with van der Waals surface area (Å²) in [5.41, 5.74) is 4.07. The lowest BCUT2D eigenvalue weighted by atomic mass is 9.90. The predicted molar refractivity (Wildman–Crippen MR) is 77.0 cm³/mol. The first-order valence-electron chi connectivity index (χ1n) is 7.08. The summed E-state index contributed by atoms with van der Waals surface area (Å²) in [7, 11) is 0. The Balaban J connectivity index is 1.67. The van der Waals surface area contributed by atoms with Crippen molar-refractivity contribution < 1.29 is 0 Å². The first-order chi connectivity index (χ1) is 9.31. The van der Waals surface area contributed by atoms with Crippen molar-refractivity contribution in [3.63, 3.8) is 0 Å². The van der Waals surface area contributed by atoms with E-state index in [1.54, 1.807) is 0 Å². The molecule has 100 valence electrons. The van der Waals surface area contributed by atoms with Gasteiger partial charge in [-0.15, -0.1) is 0 Å². The number of aromatic nitrogens is 2. The van der Waals surface area contributed by atoms with E-state index in [4.69, 9.17) is 0 Å². The van der Waals surface area contributed by atoms with E-state index in [-0.39, 0.29) is 0 Å². The van der Waals surface area contributed by atoms with E-state index in [1.807, 2.05) is 6.20 Å². The molecule has 1 aliphatic rings. The summed E-state index contributed by atoms with van der Waals surface area (Å²) in [5.74, 6) is 0.677. The summed E-state index contributed by atoms with van der Waals surface area (Å²) >= 11 is 0. The molecule has 0 saturated carbocycles. The fourth-order valence-corrected chi connectivity index (χ4v) is 3.01. The maximum atomic E-state index is 4.02. The van der Waals surface area contributed by atoms with Crippen LogP contribution in [0.25, 0.3) is 0 Å². The van der Waals surface area contributed by atoms with Crippen LogP contribution in [0, 0.1) is 6.92 Å². The van der Waals surface area contributed by atoms with Crippen molar-refractivity contribution in [2.75, 3.05) is 13.1 Å². The van der Waals surface area contributed by atoms with Crippen molar-refractivity contribution in [1.29, 1.82) is 0 Å². The van der Waals surface area contributed by atoms with Gasteiger partial charge in [-0.05, 0) is 43.9 Å². The molecular weight excluding hydrogens is 234 g/mol. The van der Waals surface area contributed by atoms with E-state index >= 15 is 0 Å². The maximum absolute atomic E-state index is 4.02. The molecule has 0 unspecified atom stereocenters. The molecule has 0 spiro atoms. The van der Waals surface area contributed by atoms with E-state index in [1.165, 1.54) is 36.2 Å². The number of nitrogens with zero attached hydrogens (tertiary/aromatic N) is 2. The lowest BCUT2D eigenvalue weighted by Gasteiger charge is -2.32. The van der Waals surface area contributed by atoms with E-state index in [9.17, 15) is 0 Å². The molecule has 3 heteroatoms. The summed E-state index contributed by atoms with van der Waals surface area (Å²) in [6.07, 6.45) is 4.42. The predicted octanol–water partition coefficient (Wildman–Crippen LogP) is 3.10. The Morgan fingerprint density at radius 3 is 3.11 bits per heavy atom. The number of hydrogen-bond acceptors (Lipinski definition) is 2. The minimum atomic E-state index is 0.677. The second-order valence-electron chi connectivity index (χ2n) is 5.57. The number of nitrogens with one attached hydrogen (secondary N) is 1. The highest BCUT2D eigenvalue weighted by Gasteiger charge is 2.21. The molecule has 1 aromatic carbocycles. The van der Waals surface area contributed by atoms with Crippen molar-refractivity contribution in [2.24, 2.45) is 0 Å². The van der Waals surface area contributed by atoms with Crippen LogP contribution in [-0.4, -0.2) is 28.2 Å². The van der Waals surface area contributed by atoms with Crippen molar-refractivity contribution >= 4 is 0 Å². The van der Waals surface area contributed by atoms with Crippen molar-refractivity contribution in [3.05, 3.63) is 53.3 Å². The molecule has 0 aliphatic carbocycles.